The van der Waals surface area contributed by atoms with Crippen LogP contribution >= 0.6 is 0 Å². The van der Waals surface area contributed by atoms with Crippen LogP contribution in [0.4, 0.5) is 4.79 Å². The number of fused-ring (bicyclic) bond motifs is 1. The molecule has 3 rings (SSSR count). The van der Waals surface area contributed by atoms with Gasteiger partial charge in [0.25, 0.3) is 0 Å². The van der Waals surface area contributed by atoms with Gasteiger partial charge in [-0.1, -0.05) is 38.1 Å². The molecule has 0 saturated heterocycles. The van der Waals surface area contributed by atoms with Crippen molar-refractivity contribution in [1.29, 1.82) is 0 Å². The lowest BCUT2D eigenvalue weighted by Crippen LogP contribution is -2.44. The molecule has 0 spiro atoms. The summed E-state index contributed by atoms with van der Waals surface area (Å²) in [6.07, 6.45) is 4.37. The maximum Gasteiger partial charge on any atom is 0.315 e. The Kier molecular flexibility index (Phi) is 4.93. The number of carbonyl (C=O) groups is 1. The molecule has 1 atom stereocenters. The van der Waals surface area contributed by atoms with Crippen molar-refractivity contribution in [2.45, 2.75) is 38.6 Å². The van der Waals surface area contributed by atoms with E-state index in [9.17, 15) is 4.79 Å². The summed E-state index contributed by atoms with van der Waals surface area (Å²) in [5, 5.41) is 6.08. The lowest BCUT2D eigenvalue weighted by atomic mass is 9.86. The van der Waals surface area contributed by atoms with E-state index in [4.69, 9.17) is 4.74 Å². The molecule has 0 unspecified atom stereocenters. The van der Waals surface area contributed by atoms with Crippen LogP contribution in [0.25, 0.3) is 0 Å². The monoisotopic (exact) mass is 339 g/mol. The lowest BCUT2D eigenvalue weighted by molar-refractivity contribution is 0.221. The third kappa shape index (κ3) is 3.92. The second-order valence-corrected chi connectivity index (χ2v) is 7.14. The van der Waals surface area contributed by atoms with E-state index in [-0.39, 0.29) is 17.5 Å². The van der Waals surface area contributed by atoms with E-state index in [2.05, 4.69) is 29.5 Å². The first-order valence-corrected chi connectivity index (χ1v) is 8.64. The summed E-state index contributed by atoms with van der Waals surface area (Å²) >= 11 is 0. The number of nitrogens with zero attached hydrogens (tertiary/aromatic N) is 1. The molecule has 1 aliphatic heterocycles. The van der Waals surface area contributed by atoms with Crippen LogP contribution in [-0.2, 0) is 5.41 Å². The molecule has 132 valence electrons. The standard InChI is InChI=1S/C20H25N3O2/c1-14-6-4-8-16-17(9-11-25-18(14)16)23-19(24)22-13-20(2,3)15-7-5-10-21-12-15/h4-8,10,12,17H,9,11,13H2,1-3H3,(H2,22,23,24)/t17-/m1/s1. The number of rotatable bonds is 4. The second-order valence-electron chi connectivity index (χ2n) is 7.14. The first kappa shape index (κ1) is 17.3. The van der Waals surface area contributed by atoms with Gasteiger partial charge in [-0.25, -0.2) is 4.79 Å². The van der Waals surface area contributed by atoms with Crippen molar-refractivity contribution in [3.63, 3.8) is 0 Å². The second kappa shape index (κ2) is 7.13. The summed E-state index contributed by atoms with van der Waals surface area (Å²) in [6, 6.07) is 9.81. The minimum Gasteiger partial charge on any atom is -0.493 e. The Labute approximate surface area is 148 Å². The average molecular weight is 339 g/mol. The SMILES string of the molecule is Cc1cccc2c1OCC[C@H]2NC(=O)NCC(C)(C)c1cccnc1. The summed E-state index contributed by atoms with van der Waals surface area (Å²) in [5.74, 6) is 0.898. The quantitative estimate of drug-likeness (QED) is 0.896. The van der Waals surface area contributed by atoms with Crippen LogP contribution < -0.4 is 15.4 Å². The van der Waals surface area contributed by atoms with Gasteiger partial charge in [0.2, 0.25) is 0 Å². The van der Waals surface area contributed by atoms with Gasteiger partial charge in [0, 0.05) is 36.3 Å². The summed E-state index contributed by atoms with van der Waals surface area (Å²) < 4.78 is 5.76. The molecule has 1 aliphatic rings. The number of ether oxygens (including phenoxy) is 1. The van der Waals surface area contributed by atoms with Crippen LogP contribution in [0.15, 0.2) is 42.7 Å². The molecule has 25 heavy (non-hydrogen) atoms. The van der Waals surface area contributed by atoms with Crippen LogP contribution in [0.5, 0.6) is 5.75 Å². The fraction of sp³-hybridized carbons (Fsp3) is 0.400. The van der Waals surface area contributed by atoms with E-state index >= 15 is 0 Å². The number of aryl methyl sites for hydroxylation is 1. The number of nitrogens with one attached hydrogen (secondary N) is 2. The molecule has 5 heteroatoms. The molecule has 0 aliphatic carbocycles. The predicted octanol–water partition coefficient (Wildman–Crippen LogP) is 3.49. The number of amides is 2. The zero-order valence-electron chi connectivity index (χ0n) is 15.0. The Morgan fingerprint density at radius 2 is 2.16 bits per heavy atom. The van der Waals surface area contributed by atoms with Gasteiger partial charge in [0.05, 0.1) is 12.6 Å². The molecule has 2 N–H and O–H groups in total. The van der Waals surface area contributed by atoms with Crippen molar-refractivity contribution in [3.8, 4) is 5.75 Å². The smallest absolute Gasteiger partial charge is 0.315 e. The predicted molar refractivity (Wildman–Crippen MR) is 97.8 cm³/mol. The number of hydrogen-bond donors (Lipinski definition) is 2. The Balaban J connectivity index is 1.62. The maximum absolute atomic E-state index is 12.4. The number of para-hydroxylation sites is 1. The highest BCUT2D eigenvalue weighted by Crippen LogP contribution is 2.34. The summed E-state index contributed by atoms with van der Waals surface area (Å²) in [7, 11) is 0. The van der Waals surface area contributed by atoms with E-state index in [1.165, 1.54) is 0 Å². The van der Waals surface area contributed by atoms with Gasteiger partial charge in [-0.05, 0) is 24.1 Å². The van der Waals surface area contributed by atoms with E-state index in [1.807, 2.05) is 43.5 Å². The molecular weight excluding hydrogens is 314 g/mol. The van der Waals surface area contributed by atoms with Crippen LogP contribution in [0, 0.1) is 6.92 Å². The van der Waals surface area contributed by atoms with Crippen LogP contribution in [0.1, 0.15) is 43.0 Å². The first-order valence-electron chi connectivity index (χ1n) is 8.64. The summed E-state index contributed by atoms with van der Waals surface area (Å²) in [6.45, 7) is 7.37. The number of hydrogen-bond acceptors (Lipinski definition) is 3. The van der Waals surface area contributed by atoms with Crippen LogP contribution in [-0.4, -0.2) is 24.2 Å². The largest absolute Gasteiger partial charge is 0.493 e. The molecular formula is C20H25N3O2. The average Bonchev–Trinajstić information content (AvgIpc) is 2.62. The van der Waals surface area contributed by atoms with E-state index in [0.717, 1.165) is 28.9 Å². The number of benzene rings is 1. The van der Waals surface area contributed by atoms with Gasteiger partial charge >= 0.3 is 6.03 Å². The van der Waals surface area contributed by atoms with E-state index in [0.29, 0.717) is 13.2 Å². The van der Waals surface area contributed by atoms with Crippen LogP contribution in [0.3, 0.4) is 0 Å². The normalized spacial score (nSPS) is 16.5. The highest BCUT2D eigenvalue weighted by atomic mass is 16.5. The lowest BCUT2D eigenvalue weighted by Gasteiger charge is -2.29. The van der Waals surface area contributed by atoms with Crippen molar-refractivity contribution < 1.29 is 9.53 Å². The topological polar surface area (TPSA) is 63.2 Å². The maximum atomic E-state index is 12.4. The van der Waals surface area contributed by atoms with Gasteiger partial charge in [-0.15, -0.1) is 0 Å². The highest BCUT2D eigenvalue weighted by molar-refractivity contribution is 5.74. The number of urea groups is 1. The molecule has 5 nitrogen and oxygen atoms in total. The Hall–Kier alpha value is -2.56. The third-order valence-corrected chi connectivity index (χ3v) is 4.71. The number of pyridine rings is 1. The molecule has 0 fully saturated rings. The van der Waals surface area contributed by atoms with Gasteiger partial charge in [0.1, 0.15) is 5.75 Å². The number of carbonyl (C=O) groups excluding carboxylic acids is 1. The summed E-state index contributed by atoms with van der Waals surface area (Å²) in [5.41, 5.74) is 3.06. The van der Waals surface area contributed by atoms with E-state index < -0.39 is 0 Å². The zero-order chi connectivity index (χ0) is 17.9. The van der Waals surface area contributed by atoms with Gasteiger partial charge < -0.3 is 15.4 Å². The van der Waals surface area contributed by atoms with Crippen molar-refractivity contribution in [1.82, 2.24) is 15.6 Å². The van der Waals surface area contributed by atoms with Crippen molar-refractivity contribution >= 4 is 6.03 Å². The number of aromatic nitrogens is 1. The zero-order valence-corrected chi connectivity index (χ0v) is 15.0. The molecule has 1 aromatic heterocycles. The molecule has 0 saturated carbocycles. The van der Waals surface area contributed by atoms with Gasteiger partial charge in [-0.3, -0.25) is 4.98 Å². The molecule has 1 aromatic carbocycles. The Morgan fingerprint density at radius 1 is 1.32 bits per heavy atom. The molecule has 0 bridgehead atoms. The molecule has 2 aromatic rings. The minimum absolute atomic E-state index is 0.0230. The minimum atomic E-state index is -0.185. The van der Waals surface area contributed by atoms with Gasteiger partial charge in [0.15, 0.2) is 0 Å². The first-order chi connectivity index (χ1) is 12.0. The van der Waals surface area contributed by atoms with E-state index in [1.54, 1.807) is 6.20 Å². The fourth-order valence-electron chi connectivity index (χ4n) is 3.11. The molecule has 2 amide bonds. The van der Waals surface area contributed by atoms with Crippen LogP contribution in [0.2, 0.25) is 0 Å². The molecule has 2 heterocycles. The Bertz CT molecular complexity index is 744. The third-order valence-electron chi connectivity index (χ3n) is 4.71. The summed E-state index contributed by atoms with van der Waals surface area (Å²) in [4.78, 5) is 16.6. The Morgan fingerprint density at radius 3 is 2.92 bits per heavy atom. The van der Waals surface area contributed by atoms with Crippen molar-refractivity contribution in [2.75, 3.05) is 13.2 Å². The molecule has 0 radical (unpaired) electrons. The fourth-order valence-corrected chi connectivity index (χ4v) is 3.11. The van der Waals surface area contributed by atoms with Crippen molar-refractivity contribution in [3.05, 3.63) is 59.4 Å². The van der Waals surface area contributed by atoms with Crippen molar-refractivity contribution in [2.24, 2.45) is 0 Å². The van der Waals surface area contributed by atoms with Gasteiger partial charge in [-0.2, -0.15) is 0 Å². The highest BCUT2D eigenvalue weighted by Gasteiger charge is 2.26.